The van der Waals surface area contributed by atoms with Gasteiger partial charge < -0.3 is 5.32 Å². The second kappa shape index (κ2) is 7.09. The van der Waals surface area contributed by atoms with Gasteiger partial charge in [-0.2, -0.15) is 0 Å². The van der Waals surface area contributed by atoms with Crippen LogP contribution in [0.2, 0.25) is 5.02 Å². The molecule has 3 heteroatoms. The average Bonchev–Trinajstić information content (AvgIpc) is 2.43. The molecule has 0 aliphatic rings. The van der Waals surface area contributed by atoms with Crippen molar-refractivity contribution in [1.29, 1.82) is 0 Å². The second-order valence-corrected chi connectivity index (χ2v) is 5.74. The highest BCUT2D eigenvalue weighted by atomic mass is 79.9. The lowest BCUT2D eigenvalue weighted by Crippen LogP contribution is -2.13. The Labute approximate surface area is 128 Å². The summed E-state index contributed by atoms with van der Waals surface area (Å²) in [4.78, 5) is 0. The summed E-state index contributed by atoms with van der Waals surface area (Å²) in [6.45, 7) is 3.90. The van der Waals surface area contributed by atoms with E-state index in [1.54, 1.807) is 0 Å². The topological polar surface area (TPSA) is 12.0 Å². The van der Waals surface area contributed by atoms with Gasteiger partial charge >= 0.3 is 0 Å². The summed E-state index contributed by atoms with van der Waals surface area (Å²) in [7, 11) is 0. The standard InChI is InChI=1S/C16H17BrClN/c1-2-13-5-3-4-6-14(13)11-19-10-12-7-8-15(17)16(18)9-12/h3-9,19H,2,10-11H2,1H3. The Hall–Kier alpha value is -0.830. The summed E-state index contributed by atoms with van der Waals surface area (Å²) >= 11 is 9.48. The molecule has 1 N–H and O–H groups in total. The lowest BCUT2D eigenvalue weighted by atomic mass is 10.1. The summed E-state index contributed by atoms with van der Waals surface area (Å²) in [5.74, 6) is 0. The fraction of sp³-hybridized carbons (Fsp3) is 0.250. The van der Waals surface area contributed by atoms with Crippen LogP contribution in [0.4, 0.5) is 0 Å². The quantitative estimate of drug-likeness (QED) is 0.813. The van der Waals surface area contributed by atoms with Crippen LogP contribution in [0, 0.1) is 0 Å². The number of rotatable bonds is 5. The van der Waals surface area contributed by atoms with Crippen LogP contribution in [-0.4, -0.2) is 0 Å². The van der Waals surface area contributed by atoms with Gasteiger partial charge in [-0.1, -0.05) is 48.9 Å². The normalized spacial score (nSPS) is 10.7. The Morgan fingerprint density at radius 2 is 1.79 bits per heavy atom. The van der Waals surface area contributed by atoms with Crippen molar-refractivity contribution >= 4 is 27.5 Å². The van der Waals surface area contributed by atoms with Gasteiger partial charge in [0, 0.05) is 17.6 Å². The summed E-state index contributed by atoms with van der Waals surface area (Å²) in [5.41, 5.74) is 3.97. The van der Waals surface area contributed by atoms with Crippen molar-refractivity contribution in [3.8, 4) is 0 Å². The van der Waals surface area contributed by atoms with Gasteiger partial charge in [-0.25, -0.2) is 0 Å². The number of nitrogens with one attached hydrogen (secondary N) is 1. The highest BCUT2D eigenvalue weighted by molar-refractivity contribution is 9.10. The van der Waals surface area contributed by atoms with Gasteiger partial charge in [0.1, 0.15) is 0 Å². The highest BCUT2D eigenvalue weighted by Gasteiger charge is 2.01. The molecule has 100 valence electrons. The largest absolute Gasteiger partial charge is 0.309 e. The smallest absolute Gasteiger partial charge is 0.0551 e. The van der Waals surface area contributed by atoms with Gasteiger partial charge in [0.25, 0.3) is 0 Å². The third-order valence-electron chi connectivity index (χ3n) is 3.13. The van der Waals surface area contributed by atoms with Gasteiger partial charge in [0.2, 0.25) is 0 Å². The van der Waals surface area contributed by atoms with Crippen LogP contribution in [-0.2, 0) is 19.5 Å². The molecular weight excluding hydrogens is 322 g/mol. The zero-order valence-corrected chi connectivity index (χ0v) is 13.3. The third-order valence-corrected chi connectivity index (χ3v) is 4.36. The molecular formula is C16H17BrClN. The zero-order valence-electron chi connectivity index (χ0n) is 10.9. The number of hydrogen-bond acceptors (Lipinski definition) is 1. The first-order valence-electron chi connectivity index (χ1n) is 6.42. The zero-order chi connectivity index (χ0) is 13.7. The van der Waals surface area contributed by atoms with E-state index in [-0.39, 0.29) is 0 Å². The van der Waals surface area contributed by atoms with E-state index in [1.165, 1.54) is 16.7 Å². The maximum Gasteiger partial charge on any atom is 0.0551 e. The highest BCUT2D eigenvalue weighted by Crippen LogP contribution is 2.23. The van der Waals surface area contributed by atoms with Crippen LogP contribution in [0.3, 0.4) is 0 Å². The van der Waals surface area contributed by atoms with E-state index in [4.69, 9.17) is 11.6 Å². The Morgan fingerprint density at radius 1 is 1.05 bits per heavy atom. The van der Waals surface area contributed by atoms with E-state index in [2.05, 4.69) is 58.5 Å². The van der Waals surface area contributed by atoms with Crippen molar-refractivity contribution in [3.63, 3.8) is 0 Å². The van der Waals surface area contributed by atoms with Crippen molar-refractivity contribution in [2.75, 3.05) is 0 Å². The van der Waals surface area contributed by atoms with Gasteiger partial charge in [-0.3, -0.25) is 0 Å². The predicted molar refractivity (Wildman–Crippen MR) is 85.5 cm³/mol. The minimum Gasteiger partial charge on any atom is -0.309 e. The van der Waals surface area contributed by atoms with Crippen molar-refractivity contribution in [2.24, 2.45) is 0 Å². The lowest BCUT2D eigenvalue weighted by molar-refractivity contribution is 0.688. The van der Waals surface area contributed by atoms with Crippen LogP contribution in [0.25, 0.3) is 0 Å². The second-order valence-electron chi connectivity index (χ2n) is 4.47. The van der Waals surface area contributed by atoms with E-state index in [1.807, 2.05) is 12.1 Å². The molecule has 19 heavy (non-hydrogen) atoms. The van der Waals surface area contributed by atoms with Crippen molar-refractivity contribution in [2.45, 2.75) is 26.4 Å². The molecule has 0 saturated carbocycles. The Kier molecular flexibility index (Phi) is 5.44. The molecule has 0 unspecified atom stereocenters. The molecule has 0 aliphatic heterocycles. The monoisotopic (exact) mass is 337 g/mol. The van der Waals surface area contributed by atoms with E-state index >= 15 is 0 Å². The maximum atomic E-state index is 6.08. The van der Waals surface area contributed by atoms with Gasteiger partial charge in [-0.15, -0.1) is 0 Å². The molecule has 0 aliphatic carbocycles. The summed E-state index contributed by atoms with van der Waals surface area (Å²) in [6.07, 6.45) is 1.07. The average molecular weight is 339 g/mol. The first kappa shape index (κ1) is 14.6. The van der Waals surface area contributed by atoms with Crippen LogP contribution in [0.1, 0.15) is 23.6 Å². The van der Waals surface area contributed by atoms with E-state index in [9.17, 15) is 0 Å². The Bertz CT molecular complexity index is 554. The lowest BCUT2D eigenvalue weighted by Gasteiger charge is -2.09. The molecule has 0 atom stereocenters. The molecule has 0 radical (unpaired) electrons. The molecule has 1 nitrogen and oxygen atoms in total. The van der Waals surface area contributed by atoms with Gasteiger partial charge in [-0.05, 0) is 51.2 Å². The Balaban J connectivity index is 1.94. The molecule has 2 rings (SSSR count). The summed E-state index contributed by atoms with van der Waals surface area (Å²) in [6, 6.07) is 14.6. The SMILES string of the molecule is CCc1ccccc1CNCc1ccc(Br)c(Cl)c1. The van der Waals surface area contributed by atoms with Crippen LogP contribution in [0.5, 0.6) is 0 Å². The van der Waals surface area contributed by atoms with Crippen LogP contribution >= 0.6 is 27.5 Å². The molecule has 0 aromatic heterocycles. The Morgan fingerprint density at radius 3 is 2.47 bits per heavy atom. The number of halogens is 2. The van der Waals surface area contributed by atoms with Crippen molar-refractivity contribution in [1.82, 2.24) is 5.32 Å². The molecule has 0 heterocycles. The summed E-state index contributed by atoms with van der Waals surface area (Å²) < 4.78 is 0.939. The number of benzene rings is 2. The van der Waals surface area contributed by atoms with E-state index in [0.29, 0.717) is 0 Å². The predicted octanol–water partition coefficient (Wildman–Crippen LogP) is 4.95. The van der Waals surface area contributed by atoms with E-state index in [0.717, 1.165) is 29.0 Å². The number of aryl methyl sites for hydroxylation is 1. The fourth-order valence-electron chi connectivity index (χ4n) is 2.07. The third kappa shape index (κ3) is 4.07. The molecule has 0 saturated heterocycles. The maximum absolute atomic E-state index is 6.08. The van der Waals surface area contributed by atoms with Crippen LogP contribution in [0.15, 0.2) is 46.9 Å². The summed E-state index contributed by atoms with van der Waals surface area (Å²) in [5, 5.41) is 4.22. The minimum atomic E-state index is 0.758. The van der Waals surface area contributed by atoms with Crippen LogP contribution < -0.4 is 5.32 Å². The first-order chi connectivity index (χ1) is 9.20. The molecule has 0 spiro atoms. The molecule has 2 aromatic carbocycles. The van der Waals surface area contributed by atoms with Crippen molar-refractivity contribution in [3.05, 3.63) is 68.7 Å². The molecule has 0 fully saturated rings. The van der Waals surface area contributed by atoms with Crippen molar-refractivity contribution < 1.29 is 0 Å². The van der Waals surface area contributed by atoms with E-state index < -0.39 is 0 Å². The molecule has 2 aromatic rings. The van der Waals surface area contributed by atoms with Gasteiger partial charge in [0.05, 0.1) is 5.02 Å². The first-order valence-corrected chi connectivity index (χ1v) is 7.59. The molecule has 0 bridgehead atoms. The van der Waals surface area contributed by atoms with Gasteiger partial charge in [0.15, 0.2) is 0 Å². The minimum absolute atomic E-state index is 0.758. The number of hydrogen-bond donors (Lipinski definition) is 1. The molecule has 0 amide bonds. The fourth-order valence-corrected chi connectivity index (χ4v) is 2.52.